The van der Waals surface area contributed by atoms with Gasteiger partial charge < -0.3 is 10.2 Å². The monoisotopic (exact) mass is 515 g/mol. The van der Waals surface area contributed by atoms with Crippen LogP contribution in [-0.2, 0) is 16.0 Å². The number of hydrogen-bond donors (Lipinski definition) is 1. The fourth-order valence-electron chi connectivity index (χ4n) is 3.74. The average Bonchev–Trinajstić information content (AvgIpc) is 3.04. The van der Waals surface area contributed by atoms with E-state index in [2.05, 4.69) is 5.32 Å². The normalized spacial score (nSPS) is 15.7. The highest BCUT2D eigenvalue weighted by molar-refractivity contribution is 7.80. The summed E-state index contributed by atoms with van der Waals surface area (Å²) >= 11 is 17.6. The van der Waals surface area contributed by atoms with Crippen molar-refractivity contribution >= 4 is 63.7 Å². The third-order valence-electron chi connectivity index (χ3n) is 5.46. The number of nitrogens with zero attached hydrogens (tertiary/aromatic N) is 2. The van der Waals surface area contributed by atoms with E-state index in [0.717, 1.165) is 5.56 Å². The second-order valence-corrected chi connectivity index (χ2v) is 9.02. The van der Waals surface area contributed by atoms with Gasteiger partial charge in [-0.2, -0.15) is 0 Å². The van der Waals surface area contributed by atoms with E-state index in [0.29, 0.717) is 39.5 Å². The summed E-state index contributed by atoms with van der Waals surface area (Å²) < 4.78 is 13.2. The lowest BCUT2D eigenvalue weighted by atomic mass is 10.1. The molecule has 0 radical (unpaired) electrons. The molecule has 0 aromatic heterocycles. The Morgan fingerprint density at radius 3 is 2.15 bits per heavy atom. The lowest BCUT2D eigenvalue weighted by molar-refractivity contribution is -0.124. The molecule has 0 bridgehead atoms. The Morgan fingerprint density at radius 2 is 1.53 bits per heavy atom. The van der Waals surface area contributed by atoms with Crippen LogP contribution in [0.5, 0.6) is 0 Å². The van der Waals surface area contributed by atoms with E-state index in [1.165, 1.54) is 29.2 Å². The maximum Gasteiger partial charge on any atom is 0.256 e. The number of nitrogens with one attached hydrogen (secondary N) is 1. The number of halogens is 3. The molecule has 4 rings (SSSR count). The fraction of sp³-hybridized carbons (Fsp3) is 0.160. The quantitative estimate of drug-likeness (QED) is 0.409. The van der Waals surface area contributed by atoms with Gasteiger partial charge in [0, 0.05) is 22.3 Å². The molecule has 1 heterocycles. The number of carbonyl (C=O) groups is 2. The van der Waals surface area contributed by atoms with Crippen LogP contribution in [0, 0.1) is 5.82 Å². The molecule has 3 aromatic carbocycles. The second kappa shape index (κ2) is 10.5. The topological polar surface area (TPSA) is 52.7 Å². The third-order valence-corrected chi connectivity index (χ3v) is 6.39. The Balaban J connectivity index is 1.55. The second-order valence-electron chi connectivity index (χ2n) is 7.78. The Bertz CT molecular complexity index is 1200. The van der Waals surface area contributed by atoms with Crippen molar-refractivity contribution in [1.82, 2.24) is 4.90 Å². The van der Waals surface area contributed by atoms with Crippen LogP contribution in [0.1, 0.15) is 12.0 Å². The molecule has 1 fully saturated rings. The maximum absolute atomic E-state index is 13.4. The summed E-state index contributed by atoms with van der Waals surface area (Å²) in [6.45, 7) is 0.435. The van der Waals surface area contributed by atoms with Crippen LogP contribution >= 0.6 is 35.4 Å². The summed E-state index contributed by atoms with van der Waals surface area (Å²) in [5.74, 6) is -1.07. The van der Waals surface area contributed by atoms with Crippen molar-refractivity contribution in [2.75, 3.05) is 16.8 Å². The maximum atomic E-state index is 13.4. The molecule has 1 N–H and O–H groups in total. The van der Waals surface area contributed by atoms with Gasteiger partial charge in [-0.25, -0.2) is 4.39 Å². The largest absolute Gasteiger partial charge is 0.336 e. The molecule has 1 aliphatic rings. The van der Waals surface area contributed by atoms with Crippen molar-refractivity contribution in [2.45, 2.75) is 18.9 Å². The minimum absolute atomic E-state index is 0.110. The molecule has 9 heteroatoms. The first-order valence-electron chi connectivity index (χ1n) is 10.5. The molecule has 1 atom stereocenters. The summed E-state index contributed by atoms with van der Waals surface area (Å²) in [6, 6.07) is 18.9. The standard InChI is InChI=1S/C25H20Cl2FN3O2S/c26-17-3-1-16(2-4-17)13-14-30-22(15-23(32)29-20-9-7-19(28)8-10-20)24(33)31(25(30)34)21-11-5-18(27)6-12-21/h1-12,22H,13-15H2,(H,29,32). The number of anilines is 2. The highest BCUT2D eigenvalue weighted by atomic mass is 35.5. The zero-order valence-electron chi connectivity index (χ0n) is 17.9. The number of amides is 2. The van der Waals surface area contributed by atoms with Crippen LogP contribution in [-0.4, -0.2) is 34.4 Å². The first kappa shape index (κ1) is 24.1. The van der Waals surface area contributed by atoms with Crippen molar-refractivity contribution < 1.29 is 14.0 Å². The summed E-state index contributed by atoms with van der Waals surface area (Å²) in [5, 5.41) is 4.21. The van der Waals surface area contributed by atoms with Crippen molar-refractivity contribution in [3.8, 4) is 0 Å². The van der Waals surface area contributed by atoms with Crippen LogP contribution in [0.25, 0.3) is 0 Å². The van der Waals surface area contributed by atoms with Crippen molar-refractivity contribution in [2.24, 2.45) is 0 Å². The van der Waals surface area contributed by atoms with E-state index in [9.17, 15) is 14.0 Å². The minimum Gasteiger partial charge on any atom is -0.336 e. The zero-order chi connectivity index (χ0) is 24.2. The lowest BCUT2D eigenvalue weighted by Gasteiger charge is -2.24. The Kier molecular flexibility index (Phi) is 7.46. The number of thiocarbonyl (C=S) groups is 1. The minimum atomic E-state index is -0.782. The molecular weight excluding hydrogens is 496 g/mol. The first-order chi connectivity index (χ1) is 16.3. The van der Waals surface area contributed by atoms with Gasteiger partial charge in [0.2, 0.25) is 5.91 Å². The number of carbonyl (C=O) groups excluding carboxylic acids is 2. The summed E-state index contributed by atoms with van der Waals surface area (Å²) in [4.78, 5) is 29.4. The number of hydrogen-bond acceptors (Lipinski definition) is 3. The molecule has 174 valence electrons. The molecular formula is C25H20Cl2FN3O2S. The molecule has 1 aliphatic heterocycles. The molecule has 5 nitrogen and oxygen atoms in total. The van der Waals surface area contributed by atoms with Gasteiger partial charge in [-0.1, -0.05) is 35.3 Å². The van der Waals surface area contributed by atoms with Gasteiger partial charge >= 0.3 is 0 Å². The van der Waals surface area contributed by atoms with Crippen molar-refractivity contribution in [3.63, 3.8) is 0 Å². The van der Waals surface area contributed by atoms with Crippen LogP contribution < -0.4 is 10.2 Å². The van der Waals surface area contributed by atoms with E-state index in [1.807, 2.05) is 12.1 Å². The highest BCUT2D eigenvalue weighted by Crippen LogP contribution is 2.29. The Hall–Kier alpha value is -3.00. The lowest BCUT2D eigenvalue weighted by Crippen LogP contribution is -2.39. The van der Waals surface area contributed by atoms with E-state index >= 15 is 0 Å². The van der Waals surface area contributed by atoms with Crippen LogP contribution in [0.2, 0.25) is 10.0 Å². The molecule has 1 saturated heterocycles. The van der Waals surface area contributed by atoms with Gasteiger partial charge in [0.25, 0.3) is 5.91 Å². The van der Waals surface area contributed by atoms with E-state index in [-0.39, 0.29) is 18.2 Å². The smallest absolute Gasteiger partial charge is 0.256 e. The summed E-state index contributed by atoms with van der Waals surface area (Å²) in [5.41, 5.74) is 2.05. The molecule has 0 saturated carbocycles. The molecule has 2 amide bonds. The van der Waals surface area contributed by atoms with Crippen molar-refractivity contribution in [1.29, 1.82) is 0 Å². The van der Waals surface area contributed by atoms with E-state index in [1.54, 1.807) is 41.3 Å². The van der Waals surface area contributed by atoms with Gasteiger partial charge in [-0.05, 0) is 84.9 Å². The van der Waals surface area contributed by atoms with Gasteiger partial charge in [-0.15, -0.1) is 0 Å². The van der Waals surface area contributed by atoms with Crippen molar-refractivity contribution in [3.05, 3.63) is 94.2 Å². The summed E-state index contributed by atoms with van der Waals surface area (Å²) in [6.07, 6.45) is 0.496. The molecule has 0 spiro atoms. The van der Waals surface area contributed by atoms with Crippen LogP contribution in [0.3, 0.4) is 0 Å². The fourth-order valence-corrected chi connectivity index (χ4v) is 4.40. The molecule has 34 heavy (non-hydrogen) atoms. The SMILES string of the molecule is O=C(CC1C(=O)N(c2ccc(Cl)cc2)C(=S)N1CCc1ccc(Cl)cc1)Nc1ccc(F)cc1. The number of rotatable bonds is 7. The zero-order valence-corrected chi connectivity index (χ0v) is 20.2. The van der Waals surface area contributed by atoms with Gasteiger partial charge in [0.1, 0.15) is 11.9 Å². The first-order valence-corrected chi connectivity index (χ1v) is 11.7. The molecule has 1 unspecified atom stereocenters. The Morgan fingerprint density at radius 1 is 0.941 bits per heavy atom. The van der Waals surface area contributed by atoms with E-state index in [4.69, 9.17) is 35.4 Å². The predicted octanol–water partition coefficient (Wildman–Crippen LogP) is 5.71. The molecule has 0 aliphatic carbocycles. The van der Waals surface area contributed by atoms with Gasteiger partial charge in [0.05, 0.1) is 12.1 Å². The van der Waals surface area contributed by atoms with Gasteiger partial charge in [0.15, 0.2) is 5.11 Å². The van der Waals surface area contributed by atoms with Crippen LogP contribution in [0.4, 0.5) is 15.8 Å². The average molecular weight is 516 g/mol. The Labute approximate surface area is 212 Å². The highest BCUT2D eigenvalue weighted by Gasteiger charge is 2.43. The molecule has 3 aromatic rings. The number of benzene rings is 3. The predicted molar refractivity (Wildman–Crippen MR) is 137 cm³/mol. The van der Waals surface area contributed by atoms with Crippen LogP contribution in [0.15, 0.2) is 72.8 Å². The van der Waals surface area contributed by atoms with Gasteiger partial charge in [-0.3, -0.25) is 14.5 Å². The third kappa shape index (κ3) is 5.55. The summed E-state index contributed by atoms with van der Waals surface area (Å²) in [7, 11) is 0. The van der Waals surface area contributed by atoms with E-state index < -0.39 is 11.9 Å².